The lowest BCUT2D eigenvalue weighted by Gasteiger charge is -2.15. The molecule has 2 amide bonds. The molecule has 0 bridgehead atoms. The Hall–Kier alpha value is -4.13. The van der Waals surface area contributed by atoms with E-state index in [9.17, 15) is 9.59 Å². The van der Waals surface area contributed by atoms with Crippen LogP contribution in [-0.2, 0) is 4.79 Å². The first-order chi connectivity index (χ1) is 15.4. The van der Waals surface area contributed by atoms with Crippen LogP contribution >= 0.6 is 0 Å². The van der Waals surface area contributed by atoms with Gasteiger partial charge in [0.25, 0.3) is 11.8 Å². The molecule has 32 heavy (non-hydrogen) atoms. The Labute approximate surface area is 186 Å². The highest BCUT2D eigenvalue weighted by Gasteiger charge is 2.16. The summed E-state index contributed by atoms with van der Waals surface area (Å²) in [5.41, 5.74) is 8.05. The summed E-state index contributed by atoms with van der Waals surface area (Å²) >= 11 is 0. The fourth-order valence-electron chi connectivity index (χ4n) is 3.43. The number of hydrogen-bond acceptors (Lipinski definition) is 4. The van der Waals surface area contributed by atoms with Crippen molar-refractivity contribution < 1.29 is 14.3 Å². The van der Waals surface area contributed by atoms with Crippen LogP contribution in [-0.4, -0.2) is 27.7 Å². The minimum absolute atomic E-state index is 0.415. The lowest BCUT2D eigenvalue weighted by Crippen LogP contribution is -2.47. The molecule has 0 aliphatic carbocycles. The zero-order chi connectivity index (χ0) is 22.7. The first-order valence-corrected chi connectivity index (χ1v) is 10.3. The van der Waals surface area contributed by atoms with Gasteiger partial charge < -0.3 is 4.74 Å². The van der Waals surface area contributed by atoms with Gasteiger partial charge in [-0.05, 0) is 74.0 Å². The van der Waals surface area contributed by atoms with Crippen molar-refractivity contribution in [3.63, 3.8) is 0 Å². The molecule has 0 spiro atoms. The summed E-state index contributed by atoms with van der Waals surface area (Å²) in [4.78, 5) is 24.8. The Kier molecular flexibility index (Phi) is 5.89. The summed E-state index contributed by atoms with van der Waals surface area (Å²) in [6.07, 6.45) is -0.787. The molecule has 1 atom stereocenters. The number of hydrazine groups is 1. The lowest BCUT2D eigenvalue weighted by atomic mass is 10.1. The van der Waals surface area contributed by atoms with Crippen LogP contribution in [0.1, 0.15) is 28.7 Å². The number of carbonyl (C=O) groups excluding carboxylic acids is 2. The largest absolute Gasteiger partial charge is 0.481 e. The predicted octanol–water partition coefficient (Wildman–Crippen LogP) is 3.87. The van der Waals surface area contributed by atoms with Gasteiger partial charge in [-0.2, -0.15) is 5.10 Å². The zero-order valence-corrected chi connectivity index (χ0v) is 18.1. The summed E-state index contributed by atoms with van der Waals surface area (Å²) < 4.78 is 7.54. The molecule has 1 aromatic heterocycles. The number of benzene rings is 3. The summed E-state index contributed by atoms with van der Waals surface area (Å²) in [6, 6.07) is 22.5. The molecule has 4 aromatic rings. The standard InChI is InChI=1S/C25H24N4O3/c1-16-14-17(2)29(28-16)22-11-8-20(9-12-22)25(31)27-26-24(30)18(3)32-23-13-10-19-6-4-5-7-21(19)15-23/h4-15,18H,1-3H3,(H,26,30)(H,27,31). The molecule has 3 aromatic carbocycles. The molecule has 1 unspecified atom stereocenters. The Bertz CT molecular complexity index is 1280. The van der Waals surface area contributed by atoms with Crippen LogP contribution < -0.4 is 15.6 Å². The van der Waals surface area contributed by atoms with Crippen molar-refractivity contribution in [3.8, 4) is 11.4 Å². The van der Waals surface area contributed by atoms with Gasteiger partial charge in [0.1, 0.15) is 5.75 Å². The quantitative estimate of drug-likeness (QED) is 0.473. The van der Waals surface area contributed by atoms with Crippen molar-refractivity contribution in [1.82, 2.24) is 20.6 Å². The number of nitrogens with one attached hydrogen (secondary N) is 2. The van der Waals surface area contributed by atoms with E-state index in [4.69, 9.17) is 4.74 Å². The van der Waals surface area contributed by atoms with Crippen molar-refractivity contribution in [2.75, 3.05) is 0 Å². The smallest absolute Gasteiger partial charge is 0.279 e. The van der Waals surface area contributed by atoms with Crippen LogP contribution in [0.3, 0.4) is 0 Å². The predicted molar refractivity (Wildman–Crippen MR) is 123 cm³/mol. The van der Waals surface area contributed by atoms with Crippen molar-refractivity contribution in [2.24, 2.45) is 0 Å². The first kappa shape index (κ1) is 21.1. The maximum absolute atomic E-state index is 12.4. The summed E-state index contributed by atoms with van der Waals surface area (Å²) in [5.74, 6) is -0.292. The molecule has 2 N–H and O–H groups in total. The fraction of sp³-hybridized carbons (Fsp3) is 0.160. The van der Waals surface area contributed by atoms with Gasteiger partial charge >= 0.3 is 0 Å². The third kappa shape index (κ3) is 4.62. The van der Waals surface area contributed by atoms with E-state index in [0.29, 0.717) is 11.3 Å². The Morgan fingerprint density at radius 2 is 1.62 bits per heavy atom. The van der Waals surface area contributed by atoms with E-state index in [1.165, 1.54) is 0 Å². The van der Waals surface area contributed by atoms with Gasteiger partial charge in [0, 0.05) is 11.3 Å². The van der Waals surface area contributed by atoms with Crippen molar-refractivity contribution >= 4 is 22.6 Å². The highest BCUT2D eigenvalue weighted by Crippen LogP contribution is 2.21. The Morgan fingerprint density at radius 3 is 2.31 bits per heavy atom. The average molecular weight is 428 g/mol. The number of carbonyl (C=O) groups is 2. The minimum atomic E-state index is -0.787. The number of fused-ring (bicyclic) bond motifs is 1. The van der Waals surface area contributed by atoms with Crippen molar-refractivity contribution in [2.45, 2.75) is 26.9 Å². The second kappa shape index (κ2) is 8.93. The van der Waals surface area contributed by atoms with Gasteiger partial charge in [0.05, 0.1) is 11.4 Å². The molecule has 0 aliphatic rings. The molecule has 0 saturated heterocycles. The number of amides is 2. The normalized spacial score (nSPS) is 11.7. The van der Waals surface area contributed by atoms with Crippen LogP contribution in [0.2, 0.25) is 0 Å². The third-order valence-electron chi connectivity index (χ3n) is 5.09. The number of hydrogen-bond donors (Lipinski definition) is 2. The van der Waals surface area contributed by atoms with E-state index in [1.807, 2.05) is 79.2 Å². The second-order valence-corrected chi connectivity index (χ2v) is 7.60. The molecule has 0 aliphatic heterocycles. The van der Waals surface area contributed by atoms with Gasteiger partial charge in [0.15, 0.2) is 6.10 Å². The Balaban J connectivity index is 1.33. The number of nitrogens with zero attached hydrogens (tertiary/aromatic N) is 2. The Morgan fingerprint density at radius 1 is 0.906 bits per heavy atom. The lowest BCUT2D eigenvalue weighted by molar-refractivity contribution is -0.128. The molecule has 0 fully saturated rings. The molecule has 7 heteroatoms. The second-order valence-electron chi connectivity index (χ2n) is 7.60. The SMILES string of the molecule is Cc1cc(C)n(-c2ccc(C(=O)NNC(=O)C(C)Oc3ccc4ccccc4c3)cc2)n1. The number of ether oxygens (including phenoxy) is 1. The van der Waals surface area contributed by atoms with Crippen molar-refractivity contribution in [3.05, 3.63) is 89.7 Å². The van der Waals surface area contributed by atoms with Crippen LogP contribution in [0.5, 0.6) is 5.75 Å². The molecule has 0 radical (unpaired) electrons. The highest BCUT2D eigenvalue weighted by molar-refractivity contribution is 5.96. The minimum Gasteiger partial charge on any atom is -0.481 e. The molecule has 4 rings (SSSR count). The van der Waals surface area contributed by atoms with Crippen LogP contribution in [0.25, 0.3) is 16.5 Å². The third-order valence-corrected chi connectivity index (χ3v) is 5.09. The summed E-state index contributed by atoms with van der Waals surface area (Å²) in [6.45, 7) is 5.52. The van der Waals surface area contributed by atoms with Gasteiger partial charge in [-0.15, -0.1) is 0 Å². The van der Waals surface area contributed by atoms with E-state index < -0.39 is 17.9 Å². The molecular weight excluding hydrogens is 404 g/mol. The molecule has 0 saturated carbocycles. The van der Waals surface area contributed by atoms with Crippen molar-refractivity contribution in [1.29, 1.82) is 0 Å². The van der Waals surface area contributed by atoms with E-state index in [-0.39, 0.29) is 0 Å². The summed E-state index contributed by atoms with van der Waals surface area (Å²) in [5, 5.41) is 6.54. The van der Waals surface area contributed by atoms with E-state index >= 15 is 0 Å². The van der Waals surface area contributed by atoms with Gasteiger partial charge in [-0.3, -0.25) is 20.4 Å². The van der Waals surface area contributed by atoms with Crippen LogP contribution in [0.4, 0.5) is 0 Å². The average Bonchev–Trinajstić information content (AvgIpc) is 3.15. The van der Waals surface area contributed by atoms with Crippen LogP contribution in [0.15, 0.2) is 72.8 Å². The van der Waals surface area contributed by atoms with E-state index in [2.05, 4.69) is 16.0 Å². The first-order valence-electron chi connectivity index (χ1n) is 10.3. The molecule has 7 nitrogen and oxygen atoms in total. The molecular formula is C25H24N4O3. The van der Waals surface area contributed by atoms with Gasteiger partial charge in [-0.1, -0.05) is 30.3 Å². The fourth-order valence-corrected chi connectivity index (χ4v) is 3.43. The maximum atomic E-state index is 12.4. The van der Waals surface area contributed by atoms with E-state index in [1.54, 1.807) is 19.1 Å². The number of aryl methyl sites for hydroxylation is 2. The highest BCUT2D eigenvalue weighted by atomic mass is 16.5. The van der Waals surface area contributed by atoms with Gasteiger partial charge in [-0.25, -0.2) is 4.68 Å². The summed E-state index contributed by atoms with van der Waals surface area (Å²) in [7, 11) is 0. The molecule has 1 heterocycles. The topological polar surface area (TPSA) is 85.2 Å². The van der Waals surface area contributed by atoms with Gasteiger partial charge in [0.2, 0.25) is 0 Å². The zero-order valence-electron chi connectivity index (χ0n) is 18.1. The number of rotatable bonds is 5. The van der Waals surface area contributed by atoms with E-state index in [0.717, 1.165) is 27.8 Å². The monoisotopic (exact) mass is 428 g/mol. The van der Waals surface area contributed by atoms with Crippen LogP contribution in [0, 0.1) is 13.8 Å². The number of aromatic nitrogens is 2. The molecule has 162 valence electrons. The maximum Gasteiger partial charge on any atom is 0.279 e.